The van der Waals surface area contributed by atoms with E-state index in [0.717, 1.165) is 11.1 Å². The van der Waals surface area contributed by atoms with E-state index in [2.05, 4.69) is 9.88 Å². The van der Waals surface area contributed by atoms with Gasteiger partial charge < -0.3 is 42.7 Å². The SMILES string of the molecule is COc1ccc(COC(=O)[C@@H](Cc2ccccc2OCc2ccnc(-c3ccccc3OC)n2)Oc2ncnc3sc(-c4ccc(F)cc4)c(-c4c(C)c(Cl)c(OCCN5CC[N+](C)(COP(=O)(O)O)CC5)c(Cl)c4C)c23)cc1. The van der Waals surface area contributed by atoms with E-state index in [9.17, 15) is 23.5 Å². The van der Waals surface area contributed by atoms with Crippen LogP contribution in [0.2, 0.25) is 10.0 Å². The summed E-state index contributed by atoms with van der Waals surface area (Å²) in [5, 5.41) is 0.982. The van der Waals surface area contributed by atoms with Crippen molar-refractivity contribution < 1.29 is 61.0 Å². The first kappa shape index (κ1) is 56.9. The number of quaternary nitrogens is 1. The first-order valence-electron chi connectivity index (χ1n) is 25.0. The van der Waals surface area contributed by atoms with Crippen LogP contribution in [0.5, 0.6) is 28.9 Å². The molecule has 22 heteroatoms. The van der Waals surface area contributed by atoms with Crippen molar-refractivity contribution in [3.05, 3.63) is 159 Å². The largest absolute Gasteiger partial charge is 0.497 e. The molecule has 0 aliphatic carbocycles. The average molecular weight is 1160 g/mol. The Bertz CT molecular complexity index is 3480. The van der Waals surface area contributed by atoms with Crippen LogP contribution in [-0.4, -0.2) is 119 Å². The number of methoxy groups -OCH3 is 2. The van der Waals surface area contributed by atoms with Crippen LogP contribution in [0.3, 0.4) is 0 Å². The zero-order chi connectivity index (χ0) is 55.8. The number of likely N-dealkylation sites (N-methyl/N-ethyl adjacent to an activating group) is 1. The summed E-state index contributed by atoms with van der Waals surface area (Å²) in [5.74, 6) is 1.48. The molecule has 1 fully saturated rings. The van der Waals surface area contributed by atoms with Gasteiger partial charge in [0.15, 0.2) is 18.3 Å². The molecule has 79 heavy (non-hydrogen) atoms. The Labute approximate surface area is 470 Å². The molecule has 1 saturated heterocycles. The Morgan fingerprint density at radius 2 is 1.53 bits per heavy atom. The summed E-state index contributed by atoms with van der Waals surface area (Å²) in [7, 11) is 0.461. The molecule has 412 valence electrons. The molecule has 0 bridgehead atoms. The van der Waals surface area contributed by atoms with Gasteiger partial charge in [0.25, 0.3) is 0 Å². The molecule has 8 aromatic rings. The molecule has 2 N–H and O–H groups in total. The van der Waals surface area contributed by atoms with Crippen molar-refractivity contribution in [1.29, 1.82) is 0 Å². The predicted octanol–water partition coefficient (Wildman–Crippen LogP) is 11.1. The van der Waals surface area contributed by atoms with E-state index in [4.69, 9.17) is 71.1 Å². The Balaban J connectivity index is 1.04. The lowest BCUT2D eigenvalue weighted by atomic mass is 9.92. The number of ether oxygens (including phenoxy) is 6. The van der Waals surface area contributed by atoms with Crippen molar-refractivity contribution in [1.82, 2.24) is 24.8 Å². The van der Waals surface area contributed by atoms with Gasteiger partial charge in [-0.15, -0.1) is 11.3 Å². The number of rotatable bonds is 22. The maximum absolute atomic E-state index is 14.6. The van der Waals surface area contributed by atoms with Gasteiger partial charge in [0.2, 0.25) is 12.0 Å². The smallest absolute Gasteiger partial charge is 0.474 e. The highest BCUT2D eigenvalue weighted by Crippen LogP contribution is 2.53. The number of phosphoric ester groups is 1. The van der Waals surface area contributed by atoms with Crippen molar-refractivity contribution in [3.8, 4) is 61.8 Å². The van der Waals surface area contributed by atoms with Gasteiger partial charge in [-0.25, -0.2) is 38.2 Å². The van der Waals surface area contributed by atoms with Gasteiger partial charge in [0.1, 0.15) is 54.0 Å². The van der Waals surface area contributed by atoms with Crippen LogP contribution in [0.1, 0.15) is 27.9 Å². The number of carbonyl (C=O) groups excluding carboxylic acids is 1. The monoisotopic (exact) mass is 1150 g/mol. The summed E-state index contributed by atoms with van der Waals surface area (Å²) in [6.45, 7) is 6.89. The number of aromatic nitrogens is 4. The molecule has 0 amide bonds. The third-order valence-electron chi connectivity index (χ3n) is 13.6. The van der Waals surface area contributed by atoms with Gasteiger partial charge >= 0.3 is 13.8 Å². The molecular formula is C57H57Cl2FN6O11PS+. The molecule has 9 rings (SSSR count). The maximum atomic E-state index is 14.6. The Morgan fingerprint density at radius 1 is 0.835 bits per heavy atom. The number of carbonyl (C=O) groups is 1. The number of hydrogen-bond acceptors (Lipinski definition) is 15. The van der Waals surface area contributed by atoms with Crippen molar-refractivity contribution in [3.63, 3.8) is 0 Å². The van der Waals surface area contributed by atoms with E-state index in [1.54, 1.807) is 68.9 Å². The number of thiophene rings is 1. The first-order chi connectivity index (χ1) is 38.0. The Hall–Kier alpha value is -6.77. The van der Waals surface area contributed by atoms with Gasteiger partial charge in [-0.3, -0.25) is 4.90 Å². The third kappa shape index (κ3) is 13.6. The van der Waals surface area contributed by atoms with Crippen LogP contribution in [0, 0.1) is 19.7 Å². The molecular weight excluding hydrogens is 1100 g/mol. The van der Waals surface area contributed by atoms with Crippen molar-refractivity contribution in [2.24, 2.45) is 0 Å². The second-order valence-corrected chi connectivity index (χ2v) is 22.0. The second kappa shape index (κ2) is 25.1. The first-order valence-corrected chi connectivity index (χ1v) is 28.1. The van der Waals surface area contributed by atoms with Crippen LogP contribution >= 0.6 is 42.4 Å². The summed E-state index contributed by atoms with van der Waals surface area (Å²) in [6.07, 6.45) is 1.70. The van der Waals surface area contributed by atoms with Crippen LogP contribution < -0.4 is 23.7 Å². The number of para-hydroxylation sites is 2. The Morgan fingerprint density at radius 3 is 2.23 bits per heavy atom. The fourth-order valence-electron chi connectivity index (χ4n) is 9.19. The molecule has 17 nitrogen and oxygen atoms in total. The normalized spacial score (nSPS) is 13.9. The van der Waals surface area contributed by atoms with Gasteiger partial charge in [-0.05, 0) is 95.8 Å². The number of esters is 1. The number of fused-ring (bicyclic) bond motifs is 1. The number of halogens is 3. The number of hydrogen-bond donors (Lipinski definition) is 2. The summed E-state index contributed by atoms with van der Waals surface area (Å²) >= 11 is 15.9. The van der Waals surface area contributed by atoms with Crippen LogP contribution in [-0.2, 0) is 38.3 Å². The van der Waals surface area contributed by atoms with E-state index < -0.39 is 25.7 Å². The minimum absolute atomic E-state index is 0.0215. The minimum Gasteiger partial charge on any atom is -0.497 e. The summed E-state index contributed by atoms with van der Waals surface area (Å²) in [6, 6.07) is 29.8. The number of nitrogens with zero attached hydrogens (tertiary/aromatic N) is 6. The summed E-state index contributed by atoms with van der Waals surface area (Å²) in [4.78, 5) is 55.1. The second-order valence-electron chi connectivity index (χ2n) is 19.0. The molecule has 4 heterocycles. The topological polar surface area (TPSA) is 194 Å². The molecule has 0 spiro atoms. The van der Waals surface area contributed by atoms with Gasteiger partial charge in [0, 0.05) is 42.7 Å². The van der Waals surface area contributed by atoms with E-state index >= 15 is 0 Å². The molecule has 0 saturated carbocycles. The van der Waals surface area contributed by atoms with Gasteiger partial charge in [0.05, 0.1) is 61.0 Å². The van der Waals surface area contributed by atoms with Crippen molar-refractivity contribution >= 4 is 58.5 Å². The highest BCUT2D eigenvalue weighted by Gasteiger charge is 2.34. The zero-order valence-corrected chi connectivity index (χ0v) is 47.1. The van der Waals surface area contributed by atoms with E-state index in [0.29, 0.717) is 120 Å². The molecule has 1 atom stereocenters. The highest BCUT2D eigenvalue weighted by molar-refractivity contribution is 7.46. The van der Waals surface area contributed by atoms with E-state index in [-0.39, 0.29) is 48.9 Å². The minimum atomic E-state index is -4.60. The molecule has 1 aliphatic heterocycles. The summed E-state index contributed by atoms with van der Waals surface area (Å²) in [5.41, 5.74) is 5.81. The van der Waals surface area contributed by atoms with E-state index in [1.807, 2.05) is 63.4 Å². The van der Waals surface area contributed by atoms with E-state index in [1.165, 1.54) is 29.8 Å². The fourth-order valence-corrected chi connectivity index (χ4v) is 11.3. The lowest BCUT2D eigenvalue weighted by molar-refractivity contribution is -0.928. The Kier molecular flexibility index (Phi) is 18.1. The number of benzene rings is 5. The van der Waals surface area contributed by atoms with Crippen LogP contribution in [0.15, 0.2) is 116 Å². The third-order valence-corrected chi connectivity index (χ3v) is 16.1. The van der Waals surface area contributed by atoms with Gasteiger partial charge in [-0.1, -0.05) is 77.8 Å². The molecule has 5 aromatic carbocycles. The molecule has 1 aliphatic rings. The molecule has 0 unspecified atom stereocenters. The lowest BCUT2D eigenvalue weighted by Gasteiger charge is -2.41. The van der Waals surface area contributed by atoms with Gasteiger partial charge in [-0.2, -0.15) is 0 Å². The van der Waals surface area contributed by atoms with Crippen molar-refractivity contribution in [2.75, 3.05) is 67.3 Å². The zero-order valence-electron chi connectivity index (χ0n) is 43.9. The predicted molar refractivity (Wildman–Crippen MR) is 299 cm³/mol. The molecule has 3 aromatic heterocycles. The van der Waals surface area contributed by atoms with Crippen LogP contribution in [0.25, 0.3) is 43.2 Å². The van der Waals surface area contributed by atoms with Crippen molar-refractivity contribution in [2.45, 2.75) is 39.6 Å². The fraction of sp³-hybridized carbons (Fsp3) is 0.281. The average Bonchev–Trinajstić information content (AvgIpc) is 3.98. The quantitative estimate of drug-likeness (QED) is 0.0369. The standard InChI is InChI=1S/C57H56Cl2FN6O11PS/c1-35-47(36(2)51(59)52(50(35)58)73-29-26-65-24-27-66(3,28-25-65)34-76-78(68,69)70)48-49-55(62-33-63-56(49)79-53(48)38-16-18-40(60)19-17-38)77-46(57(67)75-31-37-14-20-42(71-4)21-15-37)30-39-10-6-8-12-44(39)74-32-41-22-23-61-54(64-41)43-11-7-9-13-45(43)72-5/h6-23,33,46H,24-32,34H2,1-5H3,(H-,68,69,70)/p+1/t46-/m1/s1. The number of piperazine rings is 1. The molecule has 0 radical (unpaired) electrons. The maximum Gasteiger partial charge on any atom is 0.474 e. The van der Waals surface area contributed by atoms with Crippen LogP contribution in [0.4, 0.5) is 4.39 Å². The lowest BCUT2D eigenvalue weighted by Crippen LogP contribution is -2.58. The highest BCUT2D eigenvalue weighted by atomic mass is 35.5. The summed E-state index contributed by atoms with van der Waals surface area (Å²) < 4.78 is 67.7. The number of phosphoric acid groups is 1.